The Labute approximate surface area is 197 Å². The second kappa shape index (κ2) is 9.82. The van der Waals surface area contributed by atoms with E-state index >= 15 is 0 Å². The second-order valence-corrected chi connectivity index (χ2v) is 9.63. The van der Waals surface area contributed by atoms with Crippen molar-refractivity contribution in [3.05, 3.63) is 75.7 Å². The Bertz CT molecular complexity index is 1180. The SMILES string of the molecule is C[C@@H](Sc1nnc(-c2ccc(Cl)cc2Cl)n1Cc1ccccc1)C(=O)Nc1nccs1. The summed E-state index contributed by atoms with van der Waals surface area (Å²) in [5.74, 6) is 0.459. The van der Waals surface area contributed by atoms with Gasteiger partial charge in [0.1, 0.15) is 0 Å². The molecule has 0 spiro atoms. The second-order valence-electron chi connectivity index (χ2n) is 6.59. The van der Waals surface area contributed by atoms with Crippen LogP contribution in [0.25, 0.3) is 11.4 Å². The van der Waals surface area contributed by atoms with E-state index in [0.29, 0.717) is 32.7 Å². The summed E-state index contributed by atoms with van der Waals surface area (Å²) >= 11 is 15.2. The lowest BCUT2D eigenvalue weighted by molar-refractivity contribution is -0.115. The molecule has 2 heterocycles. The van der Waals surface area contributed by atoms with E-state index in [1.807, 2.05) is 53.3 Å². The normalized spacial score (nSPS) is 12.0. The van der Waals surface area contributed by atoms with E-state index < -0.39 is 5.25 Å². The van der Waals surface area contributed by atoms with Crippen molar-refractivity contribution in [1.82, 2.24) is 19.7 Å². The van der Waals surface area contributed by atoms with E-state index in [1.54, 1.807) is 18.3 Å². The van der Waals surface area contributed by atoms with Gasteiger partial charge < -0.3 is 5.32 Å². The molecular weight excluding hydrogens is 473 g/mol. The van der Waals surface area contributed by atoms with Crippen LogP contribution in [-0.2, 0) is 11.3 Å². The standard InChI is InChI=1S/C21H17Cl2N5OS2/c1-13(19(29)25-20-24-9-10-30-20)31-21-27-26-18(16-8-7-15(22)11-17(16)23)28(21)12-14-5-3-2-4-6-14/h2-11,13H,12H2,1H3,(H,24,25,29)/t13-/m1/s1. The first-order valence-corrected chi connectivity index (χ1v) is 11.8. The monoisotopic (exact) mass is 489 g/mol. The van der Waals surface area contributed by atoms with Gasteiger partial charge in [0.05, 0.1) is 16.8 Å². The molecule has 0 saturated heterocycles. The smallest absolute Gasteiger partial charge is 0.239 e. The molecule has 4 aromatic rings. The van der Waals surface area contributed by atoms with E-state index in [-0.39, 0.29) is 5.91 Å². The van der Waals surface area contributed by atoms with Gasteiger partial charge in [0.2, 0.25) is 5.91 Å². The lowest BCUT2D eigenvalue weighted by atomic mass is 10.2. The van der Waals surface area contributed by atoms with Gasteiger partial charge in [0.15, 0.2) is 16.1 Å². The highest BCUT2D eigenvalue weighted by Crippen LogP contribution is 2.33. The number of hydrogen-bond acceptors (Lipinski definition) is 6. The maximum Gasteiger partial charge on any atom is 0.239 e. The summed E-state index contributed by atoms with van der Waals surface area (Å²) in [6.45, 7) is 2.36. The van der Waals surface area contributed by atoms with Gasteiger partial charge >= 0.3 is 0 Å². The van der Waals surface area contributed by atoms with Crippen molar-refractivity contribution in [3.8, 4) is 11.4 Å². The van der Waals surface area contributed by atoms with Gasteiger partial charge in [0.25, 0.3) is 0 Å². The lowest BCUT2D eigenvalue weighted by Crippen LogP contribution is -2.23. The lowest BCUT2D eigenvalue weighted by Gasteiger charge is -2.14. The average Bonchev–Trinajstić information content (AvgIpc) is 3.39. The maximum absolute atomic E-state index is 12.6. The molecule has 0 saturated carbocycles. The summed E-state index contributed by atoms with van der Waals surface area (Å²) in [6.07, 6.45) is 1.65. The first-order chi connectivity index (χ1) is 15.0. The summed E-state index contributed by atoms with van der Waals surface area (Å²) in [6, 6.07) is 15.2. The molecule has 0 aliphatic heterocycles. The quantitative estimate of drug-likeness (QED) is 0.328. The number of rotatable bonds is 7. The van der Waals surface area contributed by atoms with E-state index in [1.165, 1.54) is 23.1 Å². The number of amides is 1. The minimum Gasteiger partial charge on any atom is -0.301 e. The van der Waals surface area contributed by atoms with Gasteiger partial charge in [-0.1, -0.05) is 65.3 Å². The van der Waals surface area contributed by atoms with E-state index in [4.69, 9.17) is 23.2 Å². The third-order valence-corrected chi connectivity index (χ3v) is 6.70. The Balaban J connectivity index is 1.65. The molecule has 0 aliphatic rings. The Kier molecular flexibility index (Phi) is 6.92. The van der Waals surface area contributed by atoms with Crippen LogP contribution in [0, 0.1) is 0 Å². The molecule has 1 N–H and O–H groups in total. The predicted octanol–water partition coefficient (Wildman–Crippen LogP) is 5.88. The molecule has 0 fully saturated rings. The summed E-state index contributed by atoms with van der Waals surface area (Å²) in [4.78, 5) is 16.7. The maximum atomic E-state index is 12.6. The van der Waals surface area contributed by atoms with Crippen molar-refractivity contribution in [3.63, 3.8) is 0 Å². The Morgan fingerprint density at radius 3 is 2.71 bits per heavy atom. The summed E-state index contributed by atoms with van der Waals surface area (Å²) in [5.41, 5.74) is 1.80. The van der Waals surface area contributed by atoms with Gasteiger partial charge in [0, 0.05) is 22.2 Å². The van der Waals surface area contributed by atoms with Crippen molar-refractivity contribution >= 4 is 57.3 Å². The van der Waals surface area contributed by atoms with Crippen LogP contribution in [0.2, 0.25) is 10.0 Å². The number of thiazole rings is 1. The molecule has 2 aromatic carbocycles. The van der Waals surface area contributed by atoms with Gasteiger partial charge in [-0.25, -0.2) is 4.98 Å². The number of carbonyl (C=O) groups excluding carboxylic acids is 1. The number of aromatic nitrogens is 4. The summed E-state index contributed by atoms with van der Waals surface area (Å²) in [5, 5.41) is 15.2. The fraction of sp³-hybridized carbons (Fsp3) is 0.143. The number of halogens is 2. The highest BCUT2D eigenvalue weighted by atomic mass is 35.5. The summed E-state index contributed by atoms with van der Waals surface area (Å²) < 4.78 is 1.96. The highest BCUT2D eigenvalue weighted by molar-refractivity contribution is 8.00. The van der Waals surface area contributed by atoms with Crippen LogP contribution in [0.4, 0.5) is 5.13 Å². The highest BCUT2D eigenvalue weighted by Gasteiger charge is 2.22. The first-order valence-electron chi connectivity index (χ1n) is 9.31. The zero-order valence-electron chi connectivity index (χ0n) is 16.3. The van der Waals surface area contributed by atoms with Crippen LogP contribution in [0.3, 0.4) is 0 Å². The van der Waals surface area contributed by atoms with Gasteiger partial charge in [-0.15, -0.1) is 21.5 Å². The van der Waals surface area contributed by atoms with Crippen molar-refractivity contribution < 1.29 is 4.79 Å². The topological polar surface area (TPSA) is 72.7 Å². The predicted molar refractivity (Wildman–Crippen MR) is 127 cm³/mol. The van der Waals surface area contributed by atoms with E-state index in [2.05, 4.69) is 20.5 Å². The minimum absolute atomic E-state index is 0.153. The average molecular weight is 490 g/mol. The van der Waals surface area contributed by atoms with Crippen molar-refractivity contribution in [2.24, 2.45) is 0 Å². The minimum atomic E-state index is -0.406. The molecule has 158 valence electrons. The van der Waals surface area contributed by atoms with Crippen LogP contribution in [0.15, 0.2) is 65.3 Å². The van der Waals surface area contributed by atoms with Crippen LogP contribution < -0.4 is 5.32 Å². The fourth-order valence-electron chi connectivity index (χ4n) is 2.86. The number of nitrogens with one attached hydrogen (secondary N) is 1. The third kappa shape index (κ3) is 5.27. The molecule has 4 rings (SSSR count). The van der Waals surface area contributed by atoms with Crippen LogP contribution in [0.1, 0.15) is 12.5 Å². The summed E-state index contributed by atoms with van der Waals surface area (Å²) in [7, 11) is 0. The molecular formula is C21H17Cl2N5OS2. The van der Waals surface area contributed by atoms with Crippen molar-refractivity contribution in [2.75, 3.05) is 5.32 Å². The van der Waals surface area contributed by atoms with Crippen LogP contribution in [-0.4, -0.2) is 30.9 Å². The van der Waals surface area contributed by atoms with Gasteiger partial charge in [-0.3, -0.25) is 9.36 Å². The Morgan fingerprint density at radius 2 is 2.00 bits per heavy atom. The zero-order valence-corrected chi connectivity index (χ0v) is 19.5. The van der Waals surface area contributed by atoms with Crippen molar-refractivity contribution in [1.29, 1.82) is 0 Å². The van der Waals surface area contributed by atoms with Crippen molar-refractivity contribution in [2.45, 2.75) is 23.9 Å². The molecule has 1 atom stereocenters. The fourth-order valence-corrected chi connectivity index (χ4v) is 4.73. The van der Waals surface area contributed by atoms with Gasteiger partial charge in [-0.05, 0) is 30.7 Å². The number of nitrogens with zero attached hydrogens (tertiary/aromatic N) is 4. The number of hydrogen-bond donors (Lipinski definition) is 1. The number of carbonyl (C=O) groups is 1. The molecule has 6 nitrogen and oxygen atoms in total. The molecule has 0 bridgehead atoms. The van der Waals surface area contributed by atoms with Crippen LogP contribution >= 0.6 is 46.3 Å². The molecule has 10 heteroatoms. The van der Waals surface area contributed by atoms with E-state index in [9.17, 15) is 4.79 Å². The molecule has 31 heavy (non-hydrogen) atoms. The Morgan fingerprint density at radius 1 is 1.19 bits per heavy atom. The molecule has 0 aliphatic carbocycles. The molecule has 2 aromatic heterocycles. The largest absolute Gasteiger partial charge is 0.301 e. The number of benzene rings is 2. The number of thioether (sulfide) groups is 1. The molecule has 0 unspecified atom stereocenters. The first kappa shape index (κ1) is 21.8. The molecule has 1 amide bonds. The number of anilines is 1. The van der Waals surface area contributed by atoms with E-state index in [0.717, 1.165) is 11.1 Å². The van der Waals surface area contributed by atoms with Crippen LogP contribution in [0.5, 0.6) is 0 Å². The van der Waals surface area contributed by atoms with Gasteiger partial charge in [-0.2, -0.15) is 0 Å². The molecule has 0 radical (unpaired) electrons. The third-order valence-electron chi connectivity index (χ3n) is 4.39. The Hall–Kier alpha value is -2.39. The zero-order chi connectivity index (χ0) is 21.8.